The molecule has 1 aromatic heterocycles. The van der Waals surface area contributed by atoms with Gasteiger partial charge >= 0.3 is 5.97 Å². The van der Waals surface area contributed by atoms with Crippen molar-refractivity contribution in [2.75, 3.05) is 12.0 Å². The van der Waals surface area contributed by atoms with E-state index in [0.717, 1.165) is 5.69 Å². The topological polar surface area (TPSA) is 96.6 Å². The Morgan fingerprint density at radius 1 is 1.00 bits per heavy atom. The van der Waals surface area contributed by atoms with Crippen LogP contribution in [0.3, 0.4) is 0 Å². The number of halogens is 1. The highest BCUT2D eigenvalue weighted by molar-refractivity contribution is 7.90. The van der Waals surface area contributed by atoms with Crippen molar-refractivity contribution < 1.29 is 27.8 Å². The number of nitrogens with zero attached hydrogens (tertiary/aromatic N) is 1. The molecule has 0 aliphatic carbocycles. The maximum Gasteiger partial charge on any atom is 0.335 e. The minimum atomic E-state index is -3.25. The Labute approximate surface area is 203 Å². The van der Waals surface area contributed by atoms with Crippen molar-refractivity contribution in [1.29, 1.82) is 0 Å². The van der Waals surface area contributed by atoms with Crippen LogP contribution in [0, 0.1) is 5.82 Å². The summed E-state index contributed by atoms with van der Waals surface area (Å²) in [7, 11) is -3.25. The second-order valence-corrected chi connectivity index (χ2v) is 11.6. The van der Waals surface area contributed by atoms with Gasteiger partial charge < -0.3 is 14.8 Å². The lowest BCUT2D eigenvalue weighted by atomic mass is 9.81. The van der Waals surface area contributed by atoms with Crippen LogP contribution in [0.1, 0.15) is 36.3 Å². The molecule has 0 amide bonds. The molecule has 0 aliphatic heterocycles. The number of phenols is 1. The summed E-state index contributed by atoms with van der Waals surface area (Å²) >= 11 is 0. The fourth-order valence-electron chi connectivity index (χ4n) is 4.44. The van der Waals surface area contributed by atoms with Crippen LogP contribution in [0.25, 0.3) is 27.7 Å². The maximum atomic E-state index is 13.8. The third kappa shape index (κ3) is 4.79. The van der Waals surface area contributed by atoms with Crippen LogP contribution in [0.15, 0.2) is 66.7 Å². The molecule has 2 N–H and O–H groups in total. The molecule has 35 heavy (non-hydrogen) atoms. The number of hydrogen-bond acceptors (Lipinski definition) is 4. The number of phenolic OH excluding ortho intramolecular Hbond substituents is 1. The molecule has 0 spiro atoms. The summed E-state index contributed by atoms with van der Waals surface area (Å²) in [6.45, 7) is 3.86. The predicted octanol–water partition coefficient (Wildman–Crippen LogP) is 5.55. The van der Waals surface area contributed by atoms with E-state index in [2.05, 4.69) is 0 Å². The van der Waals surface area contributed by atoms with E-state index in [1.54, 1.807) is 36.4 Å². The molecule has 182 valence electrons. The van der Waals surface area contributed by atoms with E-state index >= 15 is 0 Å². The third-order valence-corrected chi connectivity index (χ3v) is 7.16. The Balaban J connectivity index is 2.11. The molecular weight excluding hydrogens is 469 g/mol. The first-order valence-corrected chi connectivity index (χ1v) is 13.1. The number of carboxylic acid groups (broad SMARTS) is 1. The van der Waals surface area contributed by atoms with E-state index < -0.39 is 27.0 Å². The summed E-state index contributed by atoms with van der Waals surface area (Å²) in [5, 5.41) is 20.8. The number of aromatic hydroxyl groups is 1. The van der Waals surface area contributed by atoms with Crippen LogP contribution < -0.4 is 0 Å². The van der Waals surface area contributed by atoms with Crippen LogP contribution in [0.2, 0.25) is 0 Å². The summed E-state index contributed by atoms with van der Waals surface area (Å²) in [5.74, 6) is -1.47. The van der Waals surface area contributed by atoms with E-state index in [9.17, 15) is 27.8 Å². The molecule has 0 bridgehead atoms. The summed E-state index contributed by atoms with van der Waals surface area (Å²) in [6, 6.07) is 17.4. The molecular formula is C27H26FNO5S. The number of rotatable bonds is 7. The van der Waals surface area contributed by atoms with Gasteiger partial charge in [-0.25, -0.2) is 17.6 Å². The molecule has 3 aromatic carbocycles. The first-order valence-electron chi connectivity index (χ1n) is 11.0. The van der Waals surface area contributed by atoms with Gasteiger partial charge in [-0.1, -0.05) is 32.0 Å². The van der Waals surface area contributed by atoms with Crippen molar-refractivity contribution >= 4 is 26.7 Å². The van der Waals surface area contributed by atoms with E-state index in [-0.39, 0.29) is 17.1 Å². The molecule has 0 atom stereocenters. The molecule has 1 heterocycles. The molecule has 0 radical (unpaired) electrons. The van der Waals surface area contributed by atoms with Crippen molar-refractivity contribution in [3.8, 4) is 22.6 Å². The number of sulfone groups is 1. The van der Waals surface area contributed by atoms with Gasteiger partial charge in [0.2, 0.25) is 0 Å². The smallest absolute Gasteiger partial charge is 0.335 e. The number of carboxylic acids is 1. The zero-order valence-corrected chi connectivity index (χ0v) is 20.4. The highest BCUT2D eigenvalue weighted by Crippen LogP contribution is 2.47. The van der Waals surface area contributed by atoms with Gasteiger partial charge in [0.25, 0.3) is 0 Å². The highest BCUT2D eigenvalue weighted by Gasteiger charge is 2.33. The normalized spacial score (nSPS) is 12.2. The third-order valence-electron chi connectivity index (χ3n) is 6.22. The van der Waals surface area contributed by atoms with Gasteiger partial charge in [0.15, 0.2) is 0 Å². The SMILES string of the molecule is CC(C)(CCS(C)(=O)=O)c1c(-c2ccc(C(=O)O)cc2)c2c(O)cccc2n1-c1ccc(F)cc1. The largest absolute Gasteiger partial charge is 0.507 e. The predicted molar refractivity (Wildman–Crippen MR) is 135 cm³/mol. The molecule has 0 fully saturated rings. The standard InChI is InChI=1S/C27H26FNO5S/c1-27(2,15-16-35(3,33)34)25-23(17-7-9-18(10-8-17)26(31)32)24-21(5-4-6-22(24)30)29(25)20-13-11-19(28)12-14-20/h4-14,30H,15-16H2,1-3H3,(H,31,32). The average Bonchev–Trinajstić information content (AvgIpc) is 3.15. The van der Waals surface area contributed by atoms with Crippen molar-refractivity contribution in [3.05, 3.63) is 83.8 Å². The number of aromatic nitrogens is 1. The van der Waals surface area contributed by atoms with Gasteiger partial charge in [-0.15, -0.1) is 0 Å². The zero-order valence-electron chi connectivity index (χ0n) is 19.6. The Morgan fingerprint density at radius 2 is 1.63 bits per heavy atom. The molecule has 6 nitrogen and oxygen atoms in total. The second-order valence-electron chi connectivity index (χ2n) is 9.35. The van der Waals surface area contributed by atoms with Crippen molar-refractivity contribution in [2.24, 2.45) is 0 Å². The Bertz CT molecular complexity index is 1520. The summed E-state index contributed by atoms with van der Waals surface area (Å²) in [6.07, 6.45) is 1.49. The first-order chi connectivity index (χ1) is 16.4. The summed E-state index contributed by atoms with van der Waals surface area (Å²) < 4.78 is 39.8. The number of aromatic carboxylic acids is 1. The zero-order chi connectivity index (χ0) is 25.5. The lowest BCUT2D eigenvalue weighted by Gasteiger charge is -2.29. The van der Waals surface area contributed by atoms with Gasteiger partial charge in [-0.2, -0.15) is 0 Å². The van der Waals surface area contributed by atoms with Gasteiger partial charge in [-0.3, -0.25) is 0 Å². The number of benzene rings is 3. The second kappa shape index (κ2) is 8.85. The van der Waals surface area contributed by atoms with Gasteiger partial charge in [0.1, 0.15) is 21.4 Å². The first kappa shape index (κ1) is 24.5. The Hall–Kier alpha value is -3.65. The maximum absolute atomic E-state index is 13.8. The minimum Gasteiger partial charge on any atom is -0.507 e. The lowest BCUT2D eigenvalue weighted by Crippen LogP contribution is -2.25. The van der Waals surface area contributed by atoms with Crippen LogP contribution in [0.5, 0.6) is 5.75 Å². The monoisotopic (exact) mass is 495 g/mol. The summed E-state index contributed by atoms with van der Waals surface area (Å²) in [5.41, 5.74) is 2.80. The van der Waals surface area contributed by atoms with Crippen molar-refractivity contribution in [2.45, 2.75) is 25.7 Å². The molecule has 4 aromatic rings. The van der Waals surface area contributed by atoms with Crippen LogP contribution in [-0.2, 0) is 15.3 Å². The van der Waals surface area contributed by atoms with Gasteiger partial charge in [-0.05, 0) is 60.5 Å². The Morgan fingerprint density at radius 3 is 2.20 bits per heavy atom. The van der Waals surface area contributed by atoms with Gasteiger partial charge in [0.05, 0.1) is 16.8 Å². The average molecular weight is 496 g/mol. The number of fused-ring (bicyclic) bond motifs is 1. The van der Waals surface area contributed by atoms with Crippen LogP contribution >= 0.6 is 0 Å². The molecule has 8 heteroatoms. The van der Waals surface area contributed by atoms with E-state index in [0.29, 0.717) is 34.1 Å². The highest BCUT2D eigenvalue weighted by atomic mass is 32.2. The molecule has 4 rings (SSSR count). The minimum absolute atomic E-state index is 0.0286. The molecule has 0 saturated carbocycles. The van der Waals surface area contributed by atoms with Crippen LogP contribution in [0.4, 0.5) is 4.39 Å². The number of hydrogen-bond donors (Lipinski definition) is 2. The van der Waals surface area contributed by atoms with Crippen LogP contribution in [-0.4, -0.2) is 41.2 Å². The number of carbonyl (C=O) groups is 1. The fourth-order valence-corrected chi connectivity index (χ4v) is 5.32. The lowest BCUT2D eigenvalue weighted by molar-refractivity contribution is 0.0697. The quantitative estimate of drug-likeness (QED) is 0.350. The molecule has 0 saturated heterocycles. The molecule has 0 aliphatic rings. The van der Waals surface area contributed by atoms with Crippen molar-refractivity contribution in [3.63, 3.8) is 0 Å². The van der Waals surface area contributed by atoms with Gasteiger partial charge in [0, 0.05) is 34.0 Å². The fraction of sp³-hybridized carbons (Fsp3) is 0.222. The summed E-state index contributed by atoms with van der Waals surface area (Å²) in [4.78, 5) is 11.4. The van der Waals surface area contributed by atoms with E-state index in [4.69, 9.17) is 0 Å². The van der Waals surface area contributed by atoms with Crippen molar-refractivity contribution in [1.82, 2.24) is 4.57 Å². The Kier molecular flexibility index (Phi) is 6.19. The molecule has 0 unspecified atom stereocenters. The van der Waals surface area contributed by atoms with E-state index in [1.165, 1.54) is 30.5 Å². The van der Waals surface area contributed by atoms with E-state index in [1.807, 2.05) is 24.5 Å².